The third-order valence-electron chi connectivity index (χ3n) is 4.58. The van der Waals surface area contributed by atoms with Crippen molar-refractivity contribution in [2.45, 2.75) is 57.6 Å². The molecule has 0 saturated carbocycles. The Morgan fingerprint density at radius 2 is 1.80 bits per heavy atom. The Kier molecular flexibility index (Phi) is 6.60. The lowest BCUT2D eigenvalue weighted by Crippen LogP contribution is -2.14. The number of carbonyl (C=O) groups is 1. The van der Waals surface area contributed by atoms with Crippen molar-refractivity contribution in [2.24, 2.45) is 0 Å². The Labute approximate surface area is 177 Å². The molecule has 1 aromatic carbocycles. The SMILES string of the molecule is Cc1cc(C(=O)[C@@H](C)Sc2nnc(C(C)C)o2)c(C)n1-c1ccc(OC(F)F)cc1. The lowest BCUT2D eigenvalue weighted by molar-refractivity contribution is -0.0498. The number of hydrogen-bond acceptors (Lipinski definition) is 6. The van der Waals surface area contributed by atoms with Crippen molar-refractivity contribution in [3.63, 3.8) is 0 Å². The number of Topliss-reactive ketones (excluding diaryl/α,β-unsaturated/α-hetero) is 1. The monoisotopic (exact) mass is 435 g/mol. The summed E-state index contributed by atoms with van der Waals surface area (Å²) < 4.78 is 36.6. The number of benzene rings is 1. The van der Waals surface area contributed by atoms with Gasteiger partial charge >= 0.3 is 6.61 Å². The lowest BCUT2D eigenvalue weighted by Gasteiger charge is -2.12. The normalized spacial score (nSPS) is 12.6. The van der Waals surface area contributed by atoms with Crippen LogP contribution < -0.4 is 4.74 Å². The summed E-state index contributed by atoms with van der Waals surface area (Å²) in [5, 5.41) is 7.94. The number of rotatable bonds is 8. The van der Waals surface area contributed by atoms with Crippen LogP contribution in [0, 0.1) is 13.8 Å². The predicted octanol–water partition coefficient (Wildman–Crippen LogP) is 5.57. The first-order valence-corrected chi connectivity index (χ1v) is 10.3. The highest BCUT2D eigenvalue weighted by Crippen LogP contribution is 2.29. The molecule has 0 aliphatic rings. The maximum absolute atomic E-state index is 13.1. The van der Waals surface area contributed by atoms with Crippen LogP contribution in [0.25, 0.3) is 5.69 Å². The second kappa shape index (κ2) is 8.99. The first-order valence-electron chi connectivity index (χ1n) is 9.45. The van der Waals surface area contributed by atoms with Crippen LogP contribution >= 0.6 is 11.8 Å². The van der Waals surface area contributed by atoms with E-state index in [0.29, 0.717) is 16.7 Å². The van der Waals surface area contributed by atoms with Crippen LogP contribution in [0.4, 0.5) is 8.78 Å². The standard InChI is InChI=1S/C21H23F2N3O3S/c1-11(2)19-24-25-21(29-19)30-14(5)18(27)17-10-12(3)26(13(17)4)15-6-8-16(9-7-15)28-20(22)23/h6-11,14,20H,1-5H3/t14-/m1/s1. The van der Waals surface area contributed by atoms with Crippen LogP contribution in [0.1, 0.15) is 54.3 Å². The van der Waals surface area contributed by atoms with Gasteiger partial charge in [-0.25, -0.2) is 0 Å². The molecule has 0 radical (unpaired) electrons. The summed E-state index contributed by atoms with van der Waals surface area (Å²) in [5.41, 5.74) is 2.96. The van der Waals surface area contributed by atoms with E-state index in [9.17, 15) is 13.6 Å². The van der Waals surface area contributed by atoms with Gasteiger partial charge in [0.25, 0.3) is 5.22 Å². The fraction of sp³-hybridized carbons (Fsp3) is 0.381. The van der Waals surface area contributed by atoms with E-state index >= 15 is 0 Å². The first-order chi connectivity index (χ1) is 14.2. The number of ether oxygens (including phenoxy) is 1. The van der Waals surface area contributed by atoms with Crippen LogP contribution in [0.15, 0.2) is 40.0 Å². The molecule has 0 spiro atoms. The van der Waals surface area contributed by atoms with Gasteiger partial charge in [-0.1, -0.05) is 25.6 Å². The molecule has 0 aliphatic heterocycles. The number of thioether (sulfide) groups is 1. The van der Waals surface area contributed by atoms with Crippen molar-refractivity contribution in [1.29, 1.82) is 0 Å². The summed E-state index contributed by atoms with van der Waals surface area (Å²) in [6.45, 7) is 6.58. The highest BCUT2D eigenvalue weighted by Gasteiger charge is 2.24. The summed E-state index contributed by atoms with van der Waals surface area (Å²) in [6, 6.07) is 8.13. The third-order valence-corrected chi connectivity index (χ3v) is 5.51. The highest BCUT2D eigenvalue weighted by atomic mass is 32.2. The zero-order valence-electron chi connectivity index (χ0n) is 17.3. The minimum Gasteiger partial charge on any atom is -0.435 e. The van der Waals surface area contributed by atoms with E-state index in [2.05, 4.69) is 14.9 Å². The first kappa shape index (κ1) is 22.0. The Hall–Kier alpha value is -2.68. The Morgan fingerprint density at radius 3 is 2.37 bits per heavy atom. The van der Waals surface area contributed by atoms with Crippen molar-refractivity contribution in [3.05, 3.63) is 53.2 Å². The minimum atomic E-state index is -2.87. The Bertz CT molecular complexity index is 1030. The number of carbonyl (C=O) groups excluding carboxylic acids is 1. The number of aromatic nitrogens is 3. The number of alkyl halides is 2. The number of hydrogen-bond donors (Lipinski definition) is 0. The van der Waals surface area contributed by atoms with Crippen molar-refractivity contribution in [2.75, 3.05) is 0 Å². The second-order valence-electron chi connectivity index (χ2n) is 7.18. The van der Waals surface area contributed by atoms with Gasteiger partial charge in [-0.05, 0) is 51.1 Å². The van der Waals surface area contributed by atoms with Gasteiger partial charge in [0, 0.05) is 28.6 Å². The summed E-state index contributed by atoms with van der Waals surface area (Å²) in [6.07, 6.45) is 0. The Morgan fingerprint density at radius 1 is 1.13 bits per heavy atom. The minimum absolute atomic E-state index is 0.0544. The molecular weight excluding hydrogens is 412 g/mol. The molecule has 3 rings (SSSR count). The average Bonchev–Trinajstić information content (AvgIpc) is 3.26. The van der Waals surface area contributed by atoms with Crippen LogP contribution in [-0.4, -0.2) is 32.4 Å². The van der Waals surface area contributed by atoms with Crippen molar-refractivity contribution in [1.82, 2.24) is 14.8 Å². The van der Waals surface area contributed by atoms with Gasteiger partial charge < -0.3 is 13.7 Å². The zero-order chi connectivity index (χ0) is 22.0. The summed E-state index contributed by atoms with van der Waals surface area (Å²) in [7, 11) is 0. The van der Waals surface area contributed by atoms with Gasteiger partial charge in [-0.2, -0.15) is 8.78 Å². The van der Waals surface area contributed by atoms with Crippen LogP contribution in [0.3, 0.4) is 0 Å². The third kappa shape index (κ3) is 4.72. The van der Waals surface area contributed by atoms with E-state index in [0.717, 1.165) is 17.1 Å². The van der Waals surface area contributed by atoms with Gasteiger partial charge in [0.1, 0.15) is 5.75 Å². The average molecular weight is 435 g/mol. The molecule has 0 unspecified atom stereocenters. The molecule has 160 valence electrons. The lowest BCUT2D eigenvalue weighted by atomic mass is 10.1. The smallest absolute Gasteiger partial charge is 0.387 e. The van der Waals surface area contributed by atoms with Crippen LogP contribution in [0.5, 0.6) is 5.75 Å². The Balaban J connectivity index is 1.80. The van der Waals surface area contributed by atoms with Crippen molar-refractivity contribution >= 4 is 17.5 Å². The summed E-state index contributed by atoms with van der Waals surface area (Å²) in [5.74, 6) is 0.683. The van der Waals surface area contributed by atoms with Crippen LogP contribution in [-0.2, 0) is 0 Å². The number of halogens is 2. The molecule has 0 bridgehead atoms. The van der Waals surface area contributed by atoms with Gasteiger partial charge in [0.15, 0.2) is 5.78 Å². The second-order valence-corrected chi connectivity index (χ2v) is 8.47. The largest absolute Gasteiger partial charge is 0.435 e. The van der Waals surface area contributed by atoms with E-state index in [-0.39, 0.29) is 17.5 Å². The van der Waals surface area contributed by atoms with E-state index in [1.54, 1.807) is 19.1 Å². The molecular formula is C21H23F2N3O3S. The van der Waals surface area contributed by atoms with Gasteiger partial charge in [-0.15, -0.1) is 10.2 Å². The van der Waals surface area contributed by atoms with E-state index in [1.165, 1.54) is 23.9 Å². The maximum Gasteiger partial charge on any atom is 0.387 e. The van der Waals surface area contributed by atoms with Gasteiger partial charge in [-0.3, -0.25) is 4.79 Å². The fourth-order valence-electron chi connectivity index (χ4n) is 3.11. The molecule has 0 aliphatic carbocycles. The molecule has 2 aromatic heterocycles. The highest BCUT2D eigenvalue weighted by molar-refractivity contribution is 8.00. The summed E-state index contributed by atoms with van der Waals surface area (Å²) >= 11 is 1.23. The number of nitrogens with zero attached hydrogens (tertiary/aromatic N) is 3. The molecule has 9 heteroatoms. The summed E-state index contributed by atoms with van der Waals surface area (Å²) in [4.78, 5) is 13.1. The molecule has 3 aromatic rings. The van der Waals surface area contributed by atoms with E-state index < -0.39 is 11.9 Å². The number of aryl methyl sites for hydroxylation is 1. The maximum atomic E-state index is 13.1. The van der Waals surface area contributed by atoms with Crippen molar-refractivity contribution < 1.29 is 22.7 Å². The van der Waals surface area contributed by atoms with E-state index in [1.807, 2.05) is 38.3 Å². The molecule has 0 saturated heterocycles. The molecule has 30 heavy (non-hydrogen) atoms. The number of ketones is 1. The van der Waals surface area contributed by atoms with Gasteiger partial charge in [0.2, 0.25) is 5.89 Å². The van der Waals surface area contributed by atoms with Gasteiger partial charge in [0.05, 0.1) is 5.25 Å². The molecule has 1 atom stereocenters. The molecule has 0 amide bonds. The van der Waals surface area contributed by atoms with Crippen molar-refractivity contribution in [3.8, 4) is 11.4 Å². The molecule has 6 nitrogen and oxygen atoms in total. The quantitative estimate of drug-likeness (QED) is 0.341. The predicted molar refractivity (Wildman–Crippen MR) is 110 cm³/mol. The fourth-order valence-corrected chi connectivity index (χ4v) is 3.87. The topological polar surface area (TPSA) is 70.2 Å². The molecule has 2 heterocycles. The molecule has 0 fully saturated rings. The van der Waals surface area contributed by atoms with E-state index in [4.69, 9.17) is 4.42 Å². The zero-order valence-corrected chi connectivity index (χ0v) is 18.2. The molecule has 0 N–H and O–H groups in total. The van der Waals surface area contributed by atoms with Crippen LogP contribution in [0.2, 0.25) is 0 Å².